The third kappa shape index (κ3) is 3.83. The number of aromatic amines is 1. The van der Waals surface area contributed by atoms with Crippen molar-refractivity contribution in [3.05, 3.63) is 68.0 Å². The lowest BCUT2D eigenvalue weighted by Crippen LogP contribution is -2.38. The average molecular weight is 416 g/mol. The minimum Gasteiger partial charge on any atom is -0.459 e. The number of hydrogen-bond donors (Lipinski definition) is 1. The summed E-state index contributed by atoms with van der Waals surface area (Å²) in [6.45, 7) is 6.98. The molecule has 2 saturated heterocycles. The molecular weight excluding hydrogens is 392 g/mol. The fourth-order valence-corrected chi connectivity index (χ4v) is 3.72. The summed E-state index contributed by atoms with van der Waals surface area (Å²) in [6, 6.07) is 7.05. The van der Waals surface area contributed by atoms with Gasteiger partial charge in [0.15, 0.2) is 12.0 Å². The molecule has 2 fully saturated rings. The molecule has 0 bridgehead atoms. The lowest BCUT2D eigenvalue weighted by Gasteiger charge is -2.25. The summed E-state index contributed by atoms with van der Waals surface area (Å²) in [5, 5.41) is 0. The Morgan fingerprint density at radius 1 is 1.13 bits per heavy atom. The predicted molar refractivity (Wildman–Crippen MR) is 105 cm³/mol. The van der Waals surface area contributed by atoms with E-state index in [1.54, 1.807) is 32.9 Å². The van der Waals surface area contributed by atoms with E-state index in [9.17, 15) is 14.4 Å². The van der Waals surface area contributed by atoms with Crippen LogP contribution in [0, 0.1) is 13.8 Å². The molecule has 0 aliphatic carbocycles. The summed E-state index contributed by atoms with van der Waals surface area (Å²) in [7, 11) is 0. The van der Waals surface area contributed by atoms with E-state index in [0.29, 0.717) is 11.1 Å². The summed E-state index contributed by atoms with van der Waals surface area (Å²) < 4.78 is 24.6. The van der Waals surface area contributed by atoms with Gasteiger partial charge in [0.05, 0.1) is 5.56 Å². The predicted octanol–water partition coefficient (Wildman–Crippen LogP) is 1.43. The monoisotopic (exact) mass is 416 g/mol. The van der Waals surface area contributed by atoms with Crippen LogP contribution in [0.2, 0.25) is 0 Å². The smallest absolute Gasteiger partial charge is 0.338 e. The van der Waals surface area contributed by atoms with Gasteiger partial charge in [-0.15, -0.1) is 0 Å². The number of nitrogens with zero attached hydrogens (tertiary/aromatic N) is 1. The van der Waals surface area contributed by atoms with E-state index in [1.165, 1.54) is 10.8 Å². The number of ether oxygens (including phenoxy) is 4. The molecule has 2 aliphatic heterocycles. The molecule has 3 heterocycles. The molecule has 4 rings (SSSR count). The van der Waals surface area contributed by atoms with Crippen LogP contribution < -0.4 is 11.2 Å². The minimum absolute atomic E-state index is 0.0685. The quantitative estimate of drug-likeness (QED) is 0.751. The first-order valence-electron chi connectivity index (χ1n) is 9.71. The van der Waals surface area contributed by atoms with Gasteiger partial charge in [-0.1, -0.05) is 17.7 Å². The zero-order valence-electron chi connectivity index (χ0n) is 17.2. The van der Waals surface area contributed by atoms with Gasteiger partial charge in [0.1, 0.15) is 24.9 Å². The summed E-state index contributed by atoms with van der Waals surface area (Å²) >= 11 is 0. The molecule has 0 amide bonds. The number of carbonyl (C=O) groups excluding carboxylic acids is 1. The zero-order valence-corrected chi connectivity index (χ0v) is 17.2. The Morgan fingerprint density at radius 3 is 2.50 bits per heavy atom. The van der Waals surface area contributed by atoms with E-state index in [1.807, 2.05) is 19.1 Å². The van der Waals surface area contributed by atoms with E-state index in [4.69, 9.17) is 18.9 Å². The number of H-pyrrole nitrogens is 1. The van der Waals surface area contributed by atoms with Crippen molar-refractivity contribution in [1.29, 1.82) is 0 Å². The van der Waals surface area contributed by atoms with Crippen molar-refractivity contribution in [3.63, 3.8) is 0 Å². The van der Waals surface area contributed by atoms with Gasteiger partial charge in [0, 0.05) is 11.8 Å². The van der Waals surface area contributed by atoms with Gasteiger partial charge >= 0.3 is 11.7 Å². The second-order valence-corrected chi connectivity index (χ2v) is 8.07. The van der Waals surface area contributed by atoms with Crippen molar-refractivity contribution >= 4 is 5.97 Å². The van der Waals surface area contributed by atoms with Crippen molar-refractivity contribution in [2.75, 3.05) is 6.61 Å². The third-order valence-corrected chi connectivity index (χ3v) is 5.21. The van der Waals surface area contributed by atoms with Gasteiger partial charge < -0.3 is 18.9 Å². The summed E-state index contributed by atoms with van der Waals surface area (Å²) in [5.41, 5.74) is 0.764. The Labute approximate surface area is 172 Å². The largest absolute Gasteiger partial charge is 0.459 e. The number of rotatable bonds is 4. The van der Waals surface area contributed by atoms with Crippen LogP contribution in [0.5, 0.6) is 0 Å². The van der Waals surface area contributed by atoms with E-state index < -0.39 is 47.5 Å². The van der Waals surface area contributed by atoms with E-state index in [0.717, 1.165) is 5.56 Å². The van der Waals surface area contributed by atoms with Crippen LogP contribution in [0.3, 0.4) is 0 Å². The number of aryl methyl sites for hydroxylation is 2. The van der Waals surface area contributed by atoms with Crippen molar-refractivity contribution in [1.82, 2.24) is 9.55 Å². The van der Waals surface area contributed by atoms with E-state index in [-0.39, 0.29) is 6.61 Å². The molecule has 9 heteroatoms. The molecule has 30 heavy (non-hydrogen) atoms. The number of esters is 1. The first kappa shape index (κ1) is 20.5. The van der Waals surface area contributed by atoms with Gasteiger partial charge in [0.25, 0.3) is 5.56 Å². The van der Waals surface area contributed by atoms with Gasteiger partial charge in [-0.25, -0.2) is 9.59 Å². The molecule has 0 unspecified atom stereocenters. The van der Waals surface area contributed by atoms with Gasteiger partial charge in [-0.2, -0.15) is 0 Å². The number of fused-ring (bicyclic) bond motifs is 1. The van der Waals surface area contributed by atoms with Crippen molar-refractivity contribution in [2.24, 2.45) is 0 Å². The fourth-order valence-electron chi connectivity index (χ4n) is 3.72. The molecule has 2 aromatic rings. The highest BCUT2D eigenvalue weighted by atomic mass is 16.8. The van der Waals surface area contributed by atoms with Gasteiger partial charge in [-0.3, -0.25) is 14.3 Å². The van der Waals surface area contributed by atoms with Crippen LogP contribution in [0.15, 0.2) is 40.1 Å². The van der Waals surface area contributed by atoms with Crippen LogP contribution in [-0.4, -0.2) is 46.2 Å². The topological polar surface area (TPSA) is 109 Å². The molecule has 0 radical (unpaired) electrons. The van der Waals surface area contributed by atoms with Crippen molar-refractivity contribution < 1.29 is 23.7 Å². The number of benzene rings is 1. The summed E-state index contributed by atoms with van der Waals surface area (Å²) in [5.74, 6) is -1.37. The highest BCUT2D eigenvalue weighted by molar-refractivity contribution is 5.89. The van der Waals surface area contributed by atoms with Crippen LogP contribution in [-0.2, 0) is 18.9 Å². The van der Waals surface area contributed by atoms with Crippen LogP contribution in [0.4, 0.5) is 0 Å². The second-order valence-electron chi connectivity index (χ2n) is 8.07. The van der Waals surface area contributed by atoms with Gasteiger partial charge in [-0.05, 0) is 39.8 Å². The highest BCUT2D eigenvalue weighted by Crippen LogP contribution is 2.42. The van der Waals surface area contributed by atoms with Crippen LogP contribution in [0.1, 0.15) is 41.6 Å². The summed E-state index contributed by atoms with van der Waals surface area (Å²) in [6.07, 6.45) is -1.20. The molecule has 160 valence electrons. The first-order valence-corrected chi connectivity index (χ1v) is 9.71. The van der Waals surface area contributed by atoms with Crippen LogP contribution in [0.25, 0.3) is 0 Å². The highest BCUT2D eigenvalue weighted by Gasteiger charge is 2.56. The normalized spacial score (nSPS) is 27.1. The average Bonchev–Trinajstić information content (AvgIpc) is 3.16. The SMILES string of the molecule is Cc1ccc(C(=O)OC[C@H]2O[C@H](n3cc(C)c(=O)[nH]c3=O)[C@@H]3OC(C)(C)O[C@@H]32)cc1. The number of nitrogens with one attached hydrogen (secondary N) is 1. The Bertz CT molecular complexity index is 1070. The zero-order chi connectivity index (χ0) is 21.6. The van der Waals surface area contributed by atoms with E-state index in [2.05, 4.69) is 4.98 Å². The maximum absolute atomic E-state index is 12.4. The molecular formula is C21H24N2O7. The Morgan fingerprint density at radius 2 is 1.80 bits per heavy atom. The van der Waals surface area contributed by atoms with Crippen molar-refractivity contribution in [3.8, 4) is 0 Å². The standard InChI is InChI=1S/C21H24N2O7/c1-11-5-7-13(8-6-11)19(25)27-10-14-15-16(30-21(3,4)29-15)18(28-14)23-9-12(2)17(24)22-20(23)26/h5-9,14-16,18H,10H2,1-4H3,(H,22,24,26)/t14-,15-,16-,18+/m1/s1. The van der Waals surface area contributed by atoms with Crippen molar-refractivity contribution in [2.45, 2.75) is 58.0 Å². The number of hydrogen-bond acceptors (Lipinski definition) is 7. The molecule has 9 nitrogen and oxygen atoms in total. The fraction of sp³-hybridized carbons (Fsp3) is 0.476. The molecule has 0 spiro atoms. The Kier molecular flexibility index (Phi) is 5.13. The van der Waals surface area contributed by atoms with Crippen LogP contribution >= 0.6 is 0 Å². The summed E-state index contributed by atoms with van der Waals surface area (Å²) in [4.78, 5) is 38.7. The molecule has 4 atom stereocenters. The number of aromatic nitrogens is 2. The number of carbonyl (C=O) groups is 1. The molecule has 1 N–H and O–H groups in total. The Balaban J connectivity index is 1.55. The second kappa shape index (κ2) is 7.50. The molecule has 1 aromatic heterocycles. The Hall–Kier alpha value is -2.75. The third-order valence-electron chi connectivity index (χ3n) is 5.21. The maximum Gasteiger partial charge on any atom is 0.338 e. The maximum atomic E-state index is 12.4. The minimum atomic E-state index is -0.891. The molecule has 2 aliphatic rings. The lowest BCUT2D eigenvalue weighted by molar-refractivity contribution is -0.200. The lowest BCUT2D eigenvalue weighted by atomic mass is 10.1. The van der Waals surface area contributed by atoms with E-state index >= 15 is 0 Å². The molecule has 1 aromatic carbocycles. The molecule has 0 saturated carbocycles. The first-order chi connectivity index (χ1) is 14.1. The van der Waals surface area contributed by atoms with Gasteiger partial charge in [0.2, 0.25) is 0 Å².